The molecule has 0 aliphatic heterocycles. The van der Waals surface area contributed by atoms with E-state index in [1.165, 1.54) is 5.01 Å². The first kappa shape index (κ1) is 20.6. The summed E-state index contributed by atoms with van der Waals surface area (Å²) in [5.74, 6) is 1.50. The van der Waals surface area contributed by atoms with Crippen LogP contribution in [0.3, 0.4) is 0 Å². The van der Waals surface area contributed by atoms with Gasteiger partial charge in [0.15, 0.2) is 5.96 Å². The zero-order valence-corrected chi connectivity index (χ0v) is 16.9. The van der Waals surface area contributed by atoms with Crippen molar-refractivity contribution >= 4 is 41.3 Å². The predicted molar refractivity (Wildman–Crippen MR) is 104 cm³/mol. The summed E-state index contributed by atoms with van der Waals surface area (Å²) in [6, 6.07) is 0.430. The van der Waals surface area contributed by atoms with Crippen LogP contribution in [0.25, 0.3) is 0 Å². The van der Waals surface area contributed by atoms with Crippen molar-refractivity contribution in [3.8, 4) is 0 Å². The molecule has 0 amide bonds. The van der Waals surface area contributed by atoms with Crippen molar-refractivity contribution in [2.75, 3.05) is 13.6 Å². The summed E-state index contributed by atoms with van der Waals surface area (Å²) >= 11 is 1.76. The van der Waals surface area contributed by atoms with Crippen molar-refractivity contribution in [3.05, 3.63) is 16.1 Å². The van der Waals surface area contributed by atoms with Gasteiger partial charge in [-0.05, 0) is 39.0 Å². The number of aryl methyl sites for hydroxylation is 2. The molecule has 2 N–H and O–H groups in total. The Bertz CT molecular complexity index is 418. The lowest BCUT2D eigenvalue weighted by Crippen LogP contribution is -2.44. The third-order valence-corrected chi connectivity index (χ3v) is 4.39. The van der Waals surface area contributed by atoms with Crippen LogP contribution < -0.4 is 10.6 Å². The van der Waals surface area contributed by atoms with E-state index < -0.39 is 0 Å². The maximum absolute atomic E-state index is 4.48. The maximum Gasteiger partial charge on any atom is 0.191 e. The molecule has 1 rings (SSSR count). The van der Waals surface area contributed by atoms with E-state index in [1.54, 1.807) is 11.3 Å². The summed E-state index contributed by atoms with van der Waals surface area (Å²) in [5, 5.41) is 10.1. The Morgan fingerprint density at radius 2 is 2.05 bits per heavy atom. The molecule has 0 saturated carbocycles. The average molecular weight is 424 g/mol. The number of nitrogens with one attached hydrogen (secondary N) is 2. The molecule has 122 valence electrons. The van der Waals surface area contributed by atoms with Gasteiger partial charge in [0.1, 0.15) is 0 Å². The number of hydrogen-bond donors (Lipinski definition) is 2. The van der Waals surface area contributed by atoms with Gasteiger partial charge in [0.2, 0.25) is 0 Å². The second-order valence-electron chi connectivity index (χ2n) is 5.52. The van der Waals surface area contributed by atoms with Gasteiger partial charge in [-0.25, -0.2) is 4.98 Å². The number of aliphatic imine (C=N–C) groups is 1. The average Bonchev–Trinajstić information content (AvgIpc) is 2.82. The van der Waals surface area contributed by atoms with Gasteiger partial charge in [-0.3, -0.25) is 4.99 Å². The van der Waals surface area contributed by atoms with Crippen molar-refractivity contribution in [2.24, 2.45) is 10.9 Å². The highest BCUT2D eigenvalue weighted by Crippen LogP contribution is 2.11. The SMILES string of the molecule is CN=C(NCCCCc1nc(C)cs1)NC(C)C(C)C.I. The monoisotopic (exact) mass is 424 g/mol. The molecule has 1 unspecified atom stereocenters. The van der Waals surface area contributed by atoms with Crippen molar-refractivity contribution in [1.29, 1.82) is 0 Å². The first-order valence-electron chi connectivity index (χ1n) is 7.41. The van der Waals surface area contributed by atoms with E-state index in [1.807, 2.05) is 14.0 Å². The Morgan fingerprint density at radius 3 is 2.57 bits per heavy atom. The molecule has 0 radical (unpaired) electrons. The highest BCUT2D eigenvalue weighted by molar-refractivity contribution is 14.0. The smallest absolute Gasteiger partial charge is 0.191 e. The van der Waals surface area contributed by atoms with Crippen molar-refractivity contribution < 1.29 is 0 Å². The molecule has 0 spiro atoms. The number of guanidine groups is 1. The van der Waals surface area contributed by atoms with Crippen LogP contribution in [0.1, 0.15) is 44.3 Å². The van der Waals surface area contributed by atoms with Crippen LogP contribution in [-0.2, 0) is 6.42 Å². The summed E-state index contributed by atoms with van der Waals surface area (Å²) in [6.45, 7) is 9.60. The first-order chi connectivity index (χ1) is 9.52. The molecule has 0 fully saturated rings. The van der Waals surface area contributed by atoms with E-state index >= 15 is 0 Å². The minimum Gasteiger partial charge on any atom is -0.356 e. The van der Waals surface area contributed by atoms with Gasteiger partial charge in [0, 0.05) is 30.7 Å². The molecular formula is C15H29IN4S. The number of thiazole rings is 1. The van der Waals surface area contributed by atoms with Crippen molar-refractivity contribution in [1.82, 2.24) is 15.6 Å². The molecule has 0 aliphatic carbocycles. The maximum atomic E-state index is 4.48. The minimum absolute atomic E-state index is 0. The second kappa shape index (κ2) is 11.2. The Hall–Kier alpha value is -0.370. The lowest BCUT2D eigenvalue weighted by Gasteiger charge is -2.20. The van der Waals surface area contributed by atoms with E-state index in [0.29, 0.717) is 12.0 Å². The van der Waals surface area contributed by atoms with E-state index in [0.717, 1.165) is 37.5 Å². The van der Waals surface area contributed by atoms with Crippen LogP contribution >= 0.6 is 35.3 Å². The summed E-state index contributed by atoms with van der Waals surface area (Å²) in [4.78, 5) is 8.73. The van der Waals surface area contributed by atoms with Gasteiger partial charge in [-0.15, -0.1) is 35.3 Å². The minimum atomic E-state index is 0. The van der Waals surface area contributed by atoms with Gasteiger partial charge in [-0.2, -0.15) is 0 Å². The normalized spacial score (nSPS) is 13.0. The fraction of sp³-hybridized carbons (Fsp3) is 0.733. The molecular weight excluding hydrogens is 395 g/mol. The molecule has 1 heterocycles. The number of nitrogens with zero attached hydrogens (tertiary/aromatic N) is 2. The number of hydrogen-bond acceptors (Lipinski definition) is 3. The zero-order valence-electron chi connectivity index (χ0n) is 13.8. The first-order valence-corrected chi connectivity index (χ1v) is 8.29. The predicted octanol–water partition coefficient (Wildman–Crippen LogP) is 3.60. The third kappa shape index (κ3) is 8.60. The molecule has 0 aromatic carbocycles. The van der Waals surface area contributed by atoms with Crippen LogP contribution in [0.2, 0.25) is 0 Å². The van der Waals surface area contributed by atoms with Gasteiger partial charge in [-0.1, -0.05) is 13.8 Å². The standard InChI is InChI=1S/C15H28N4S.HI/c1-11(2)13(4)19-15(16-5)17-9-7-6-8-14-18-12(3)10-20-14;/h10-11,13H,6-9H2,1-5H3,(H2,16,17,19);1H. The molecule has 0 aliphatic rings. The lowest BCUT2D eigenvalue weighted by atomic mass is 10.1. The topological polar surface area (TPSA) is 49.3 Å². The molecule has 1 atom stereocenters. The van der Waals surface area contributed by atoms with E-state index in [2.05, 4.69) is 46.8 Å². The van der Waals surface area contributed by atoms with Crippen LogP contribution in [0.4, 0.5) is 0 Å². The van der Waals surface area contributed by atoms with E-state index in [9.17, 15) is 0 Å². The van der Waals surface area contributed by atoms with Gasteiger partial charge in [0.25, 0.3) is 0 Å². The summed E-state index contributed by atoms with van der Waals surface area (Å²) in [7, 11) is 1.82. The molecule has 21 heavy (non-hydrogen) atoms. The lowest BCUT2D eigenvalue weighted by molar-refractivity contribution is 0.480. The summed E-state index contributed by atoms with van der Waals surface area (Å²) in [6.07, 6.45) is 3.38. The zero-order chi connectivity index (χ0) is 15.0. The fourth-order valence-corrected chi connectivity index (χ4v) is 2.52. The molecule has 0 saturated heterocycles. The van der Waals surface area contributed by atoms with Crippen LogP contribution in [-0.4, -0.2) is 30.6 Å². The fourth-order valence-electron chi connectivity index (χ4n) is 1.70. The number of aromatic nitrogens is 1. The largest absolute Gasteiger partial charge is 0.356 e. The number of unbranched alkanes of at least 4 members (excludes halogenated alkanes) is 1. The Labute approximate surface area is 150 Å². The van der Waals surface area contributed by atoms with Crippen LogP contribution in [0.5, 0.6) is 0 Å². The van der Waals surface area contributed by atoms with Crippen LogP contribution in [0.15, 0.2) is 10.4 Å². The second-order valence-corrected chi connectivity index (χ2v) is 6.46. The van der Waals surface area contributed by atoms with E-state index in [-0.39, 0.29) is 24.0 Å². The molecule has 1 aromatic heterocycles. The van der Waals surface area contributed by atoms with Gasteiger partial charge >= 0.3 is 0 Å². The quantitative estimate of drug-likeness (QED) is 0.304. The Balaban J connectivity index is 0.00000400. The van der Waals surface area contributed by atoms with Gasteiger partial charge < -0.3 is 10.6 Å². The molecule has 4 nitrogen and oxygen atoms in total. The molecule has 1 aromatic rings. The van der Waals surface area contributed by atoms with Gasteiger partial charge in [0.05, 0.1) is 5.01 Å². The molecule has 0 bridgehead atoms. The van der Waals surface area contributed by atoms with E-state index in [4.69, 9.17) is 0 Å². The number of rotatable bonds is 7. The molecule has 6 heteroatoms. The summed E-state index contributed by atoms with van der Waals surface area (Å²) < 4.78 is 0. The highest BCUT2D eigenvalue weighted by atomic mass is 127. The Morgan fingerprint density at radius 1 is 1.33 bits per heavy atom. The van der Waals surface area contributed by atoms with Crippen molar-refractivity contribution in [2.45, 2.75) is 53.0 Å². The number of halogens is 1. The summed E-state index contributed by atoms with van der Waals surface area (Å²) in [5.41, 5.74) is 1.13. The van der Waals surface area contributed by atoms with Crippen molar-refractivity contribution in [3.63, 3.8) is 0 Å². The Kier molecular flexibility index (Phi) is 11.0. The highest BCUT2D eigenvalue weighted by Gasteiger charge is 2.08. The third-order valence-electron chi connectivity index (χ3n) is 3.36. The van der Waals surface area contributed by atoms with Crippen LogP contribution in [0, 0.1) is 12.8 Å².